The number of carbonyl (C=O) groups is 2. The lowest BCUT2D eigenvalue weighted by Crippen LogP contribution is -2.09. The Labute approximate surface area is 138 Å². The summed E-state index contributed by atoms with van der Waals surface area (Å²) in [5, 5.41) is 0. The summed E-state index contributed by atoms with van der Waals surface area (Å²) in [6.07, 6.45) is 3.08. The van der Waals surface area contributed by atoms with Gasteiger partial charge in [0.2, 0.25) is 0 Å². The first kappa shape index (κ1) is 15.2. The zero-order valence-electron chi connectivity index (χ0n) is 12.2. The van der Waals surface area contributed by atoms with Crippen molar-refractivity contribution in [1.82, 2.24) is 0 Å². The molecule has 0 radical (unpaired) electrons. The van der Waals surface area contributed by atoms with Crippen molar-refractivity contribution in [1.29, 1.82) is 0 Å². The minimum absolute atomic E-state index is 0.0346. The number of rotatable bonds is 4. The minimum atomic E-state index is 0.0346. The number of hydrogen-bond donors (Lipinski definition) is 0. The Bertz CT molecular complexity index is 721. The lowest BCUT2D eigenvalue weighted by Gasteiger charge is -2.13. The zero-order chi connectivity index (χ0) is 15.5. The Hall–Kier alpha value is -1.74. The van der Waals surface area contributed by atoms with Gasteiger partial charge in [0.1, 0.15) is 5.78 Å². The maximum absolute atomic E-state index is 12.8. The van der Waals surface area contributed by atoms with Crippen molar-refractivity contribution < 1.29 is 9.59 Å². The van der Waals surface area contributed by atoms with Crippen molar-refractivity contribution in [3.05, 3.63) is 69.7 Å². The number of hydrogen-bond acceptors (Lipinski definition) is 2. The van der Waals surface area contributed by atoms with Crippen LogP contribution >= 0.6 is 15.9 Å². The molecule has 0 unspecified atom stereocenters. The molecule has 2 nitrogen and oxygen atoms in total. The van der Waals surface area contributed by atoms with E-state index in [1.807, 2.05) is 48.5 Å². The molecule has 2 aromatic carbocycles. The maximum Gasteiger partial charge on any atom is 0.194 e. The topological polar surface area (TPSA) is 34.1 Å². The third-order valence-corrected chi connectivity index (χ3v) is 4.93. The standard InChI is InChI=1S/C19H17BrO2/c20-18-8-4-3-7-17(18)19(22)16-6-2-1-5-14(16)11-13-9-10-15(21)12-13/h1-8,13H,9-12H2/t13-/m1/s1. The van der Waals surface area contributed by atoms with Crippen molar-refractivity contribution in [2.24, 2.45) is 5.92 Å². The van der Waals surface area contributed by atoms with E-state index >= 15 is 0 Å². The quantitative estimate of drug-likeness (QED) is 0.750. The molecule has 0 N–H and O–H groups in total. The Morgan fingerprint density at radius 1 is 1.05 bits per heavy atom. The molecule has 0 heterocycles. The van der Waals surface area contributed by atoms with E-state index in [4.69, 9.17) is 0 Å². The molecule has 3 rings (SSSR count). The SMILES string of the molecule is O=C1CC[C@H](Cc2ccccc2C(=O)c2ccccc2Br)C1. The summed E-state index contributed by atoms with van der Waals surface area (Å²) in [5.41, 5.74) is 2.47. The zero-order valence-corrected chi connectivity index (χ0v) is 13.8. The summed E-state index contributed by atoms with van der Waals surface area (Å²) in [4.78, 5) is 24.3. The van der Waals surface area contributed by atoms with E-state index in [9.17, 15) is 9.59 Å². The van der Waals surface area contributed by atoms with Crippen LogP contribution in [0.3, 0.4) is 0 Å². The summed E-state index contributed by atoms with van der Waals surface area (Å²) in [6, 6.07) is 15.2. The van der Waals surface area contributed by atoms with Gasteiger partial charge < -0.3 is 0 Å². The number of benzene rings is 2. The molecule has 0 bridgehead atoms. The second-order valence-electron chi connectivity index (χ2n) is 5.82. The molecular formula is C19H17BrO2. The molecule has 0 amide bonds. The van der Waals surface area contributed by atoms with E-state index in [0.29, 0.717) is 30.1 Å². The molecule has 22 heavy (non-hydrogen) atoms. The van der Waals surface area contributed by atoms with E-state index < -0.39 is 0 Å². The van der Waals surface area contributed by atoms with Gasteiger partial charge in [-0.1, -0.05) is 52.3 Å². The van der Waals surface area contributed by atoms with Crippen LogP contribution in [0.1, 0.15) is 40.7 Å². The number of Topliss-reactive ketones (excluding diaryl/α,β-unsaturated/α-hetero) is 1. The van der Waals surface area contributed by atoms with Gasteiger partial charge in [0, 0.05) is 28.4 Å². The predicted molar refractivity (Wildman–Crippen MR) is 90.1 cm³/mol. The summed E-state index contributed by atoms with van der Waals surface area (Å²) in [6.45, 7) is 0. The molecule has 1 aliphatic carbocycles. The van der Waals surface area contributed by atoms with Crippen LogP contribution in [0.15, 0.2) is 53.0 Å². The van der Waals surface area contributed by atoms with Crippen molar-refractivity contribution in [3.8, 4) is 0 Å². The summed E-state index contributed by atoms with van der Waals surface area (Å²) in [7, 11) is 0. The molecule has 112 valence electrons. The highest BCUT2D eigenvalue weighted by Crippen LogP contribution is 2.28. The molecule has 0 aromatic heterocycles. The minimum Gasteiger partial charge on any atom is -0.300 e. The third-order valence-electron chi connectivity index (χ3n) is 4.24. The van der Waals surface area contributed by atoms with E-state index in [1.54, 1.807) is 0 Å². The lowest BCUT2D eigenvalue weighted by atomic mass is 9.91. The van der Waals surface area contributed by atoms with Crippen LogP contribution in [0.5, 0.6) is 0 Å². The van der Waals surface area contributed by atoms with Crippen LogP contribution in [0, 0.1) is 5.92 Å². The van der Waals surface area contributed by atoms with Gasteiger partial charge in [-0.15, -0.1) is 0 Å². The molecule has 0 saturated heterocycles. The van der Waals surface area contributed by atoms with E-state index in [1.165, 1.54) is 0 Å². The maximum atomic E-state index is 12.8. The first-order valence-electron chi connectivity index (χ1n) is 7.54. The van der Waals surface area contributed by atoms with Crippen molar-refractivity contribution in [2.75, 3.05) is 0 Å². The molecule has 0 spiro atoms. The number of carbonyl (C=O) groups excluding carboxylic acids is 2. The van der Waals surface area contributed by atoms with Gasteiger partial charge in [0.25, 0.3) is 0 Å². The third kappa shape index (κ3) is 3.20. The monoisotopic (exact) mass is 356 g/mol. The molecule has 1 saturated carbocycles. The molecular weight excluding hydrogens is 340 g/mol. The second-order valence-corrected chi connectivity index (χ2v) is 6.67. The van der Waals surface area contributed by atoms with Gasteiger partial charge in [-0.25, -0.2) is 0 Å². The van der Waals surface area contributed by atoms with Crippen molar-refractivity contribution >= 4 is 27.5 Å². The highest BCUT2D eigenvalue weighted by atomic mass is 79.9. The van der Waals surface area contributed by atoms with Crippen LogP contribution in [-0.4, -0.2) is 11.6 Å². The lowest BCUT2D eigenvalue weighted by molar-refractivity contribution is -0.117. The molecule has 1 fully saturated rings. The fraction of sp³-hybridized carbons (Fsp3) is 0.263. The van der Waals surface area contributed by atoms with Crippen LogP contribution in [0.2, 0.25) is 0 Å². The normalized spacial score (nSPS) is 17.7. The Kier molecular flexibility index (Phi) is 4.53. The van der Waals surface area contributed by atoms with Gasteiger partial charge >= 0.3 is 0 Å². The Morgan fingerprint density at radius 2 is 1.73 bits per heavy atom. The van der Waals surface area contributed by atoms with Crippen LogP contribution in [-0.2, 0) is 11.2 Å². The summed E-state index contributed by atoms with van der Waals surface area (Å²) >= 11 is 3.45. The second kappa shape index (κ2) is 6.57. The molecule has 1 atom stereocenters. The summed E-state index contributed by atoms with van der Waals surface area (Å²) < 4.78 is 0.811. The van der Waals surface area contributed by atoms with Crippen molar-refractivity contribution in [2.45, 2.75) is 25.7 Å². The molecule has 0 aliphatic heterocycles. The Morgan fingerprint density at radius 3 is 2.41 bits per heavy atom. The van der Waals surface area contributed by atoms with Crippen molar-refractivity contribution in [3.63, 3.8) is 0 Å². The first-order chi connectivity index (χ1) is 10.6. The smallest absolute Gasteiger partial charge is 0.194 e. The first-order valence-corrected chi connectivity index (χ1v) is 8.33. The van der Waals surface area contributed by atoms with Gasteiger partial charge in [0.15, 0.2) is 5.78 Å². The number of ketones is 2. The van der Waals surface area contributed by atoms with E-state index in [2.05, 4.69) is 15.9 Å². The van der Waals surface area contributed by atoms with Crippen LogP contribution in [0.25, 0.3) is 0 Å². The fourth-order valence-corrected chi connectivity index (χ4v) is 3.55. The number of halogens is 1. The van der Waals surface area contributed by atoms with Crippen LogP contribution in [0.4, 0.5) is 0 Å². The largest absolute Gasteiger partial charge is 0.300 e. The average molecular weight is 357 g/mol. The Balaban J connectivity index is 1.89. The highest BCUT2D eigenvalue weighted by molar-refractivity contribution is 9.10. The molecule has 3 heteroatoms. The van der Waals surface area contributed by atoms with E-state index in [-0.39, 0.29) is 5.78 Å². The molecule has 1 aliphatic rings. The fourth-order valence-electron chi connectivity index (χ4n) is 3.09. The highest BCUT2D eigenvalue weighted by Gasteiger charge is 2.24. The van der Waals surface area contributed by atoms with Gasteiger partial charge in [-0.05, 0) is 36.5 Å². The van der Waals surface area contributed by atoms with Crippen LogP contribution < -0.4 is 0 Å². The van der Waals surface area contributed by atoms with Gasteiger partial charge in [-0.3, -0.25) is 9.59 Å². The summed E-state index contributed by atoms with van der Waals surface area (Å²) in [5.74, 6) is 0.757. The van der Waals surface area contributed by atoms with Gasteiger partial charge in [0.05, 0.1) is 0 Å². The van der Waals surface area contributed by atoms with E-state index in [0.717, 1.165) is 28.4 Å². The van der Waals surface area contributed by atoms with Gasteiger partial charge in [-0.2, -0.15) is 0 Å². The predicted octanol–water partition coefficient (Wildman–Crippen LogP) is 4.59. The molecule has 2 aromatic rings. The average Bonchev–Trinajstić information content (AvgIpc) is 2.93.